The van der Waals surface area contributed by atoms with Crippen LogP contribution in [0.25, 0.3) is 16.6 Å². The lowest BCUT2D eigenvalue weighted by Crippen LogP contribution is -2.68. The smallest absolute Gasteiger partial charge is 0.222 e. The Hall–Kier alpha value is -1.94. The molecule has 0 atom stereocenters. The van der Waals surface area contributed by atoms with Crippen LogP contribution in [-0.4, -0.2) is 10.1 Å². The van der Waals surface area contributed by atoms with Crippen molar-refractivity contribution in [1.82, 2.24) is 10.1 Å². The van der Waals surface area contributed by atoms with Crippen LogP contribution in [0.3, 0.4) is 0 Å². The van der Waals surface area contributed by atoms with Crippen molar-refractivity contribution in [2.75, 3.05) is 0 Å². The number of allylic oxidation sites excluding steroid dienone is 1. The Morgan fingerprint density at radius 2 is 1.80 bits per heavy atom. The van der Waals surface area contributed by atoms with Gasteiger partial charge in [-0.15, -0.1) is 10.2 Å². The van der Waals surface area contributed by atoms with Gasteiger partial charge in [0.2, 0.25) is 0 Å². The molecule has 0 unspecified atom stereocenters. The Bertz CT molecular complexity index is 916. The van der Waals surface area contributed by atoms with E-state index in [-0.39, 0.29) is 0 Å². The lowest BCUT2D eigenvalue weighted by atomic mass is 10.1. The number of benzene rings is 1. The van der Waals surface area contributed by atoms with E-state index < -0.39 is 10.2 Å². The minimum Gasteiger partial charge on any atom is -0.222 e. The molecule has 0 amide bonds. The molecule has 3 aromatic rings. The molecule has 0 radical (unpaired) electrons. The number of aromatic nitrogens is 3. The van der Waals surface area contributed by atoms with Gasteiger partial charge in [0.1, 0.15) is 11.2 Å². The molecule has 1 aliphatic carbocycles. The van der Waals surface area contributed by atoms with E-state index in [9.17, 15) is 0 Å². The number of nitrogens with zero attached hydrogens (tertiary/aromatic N) is 3. The summed E-state index contributed by atoms with van der Waals surface area (Å²) in [6.07, 6.45) is 6.40. The summed E-state index contributed by atoms with van der Waals surface area (Å²) in [5.41, 5.74) is 5.14. The molecule has 0 fully saturated rings. The zero-order valence-corrected chi connectivity index (χ0v) is 14.8. The van der Waals surface area contributed by atoms with Crippen LogP contribution in [0.5, 0.6) is 0 Å². The molecule has 25 heavy (non-hydrogen) atoms. The van der Waals surface area contributed by atoms with Gasteiger partial charge in [0, 0.05) is 11.1 Å². The summed E-state index contributed by atoms with van der Waals surface area (Å²) in [6.45, 7) is 2.03. The summed E-state index contributed by atoms with van der Waals surface area (Å²) in [5, 5.41) is 5.66. The summed E-state index contributed by atoms with van der Waals surface area (Å²) >= 11 is 1.64. The second-order valence-corrected chi connectivity index (χ2v) is 7.32. The molecule has 0 N–H and O–H groups in total. The number of halogens is 1. The third-order valence-corrected chi connectivity index (χ3v) is 4.45. The summed E-state index contributed by atoms with van der Waals surface area (Å²) in [4.78, 5) is 5.48. The minimum absolute atomic E-state index is 0.974. The van der Waals surface area contributed by atoms with E-state index in [1.54, 1.807) is 11.3 Å². The fraction of sp³-hybridized carbons (Fsp3) is 0.188. The quantitative estimate of drug-likeness (QED) is 0.465. The van der Waals surface area contributed by atoms with E-state index in [4.69, 9.17) is 18.6 Å². The first-order chi connectivity index (χ1) is 11.8. The first kappa shape index (κ1) is 17.9. The standard InChI is InChI=1S/C16H14N3S.ClHO4/c1-11-18-19-15-13(9-12-5-3-2-4-6-12)7-8-14(15)10-17-16(19)20-11;2-1(3,4)5/h2-6,9-10H,7-8H2,1H3;(H,2,3,4,5)/q+1;/p-1. The Labute approximate surface area is 149 Å². The predicted molar refractivity (Wildman–Crippen MR) is 80.4 cm³/mol. The third kappa shape index (κ3) is 4.57. The molecule has 0 saturated heterocycles. The monoisotopic (exact) mass is 379 g/mol. The van der Waals surface area contributed by atoms with Gasteiger partial charge in [0.15, 0.2) is 5.69 Å². The highest BCUT2D eigenvalue weighted by atomic mass is 35.7. The molecule has 0 spiro atoms. The van der Waals surface area contributed by atoms with E-state index in [1.807, 2.05) is 23.7 Å². The molecule has 0 aliphatic heterocycles. The number of hydrogen-bond acceptors (Lipinski definition) is 7. The van der Waals surface area contributed by atoms with E-state index in [0.717, 1.165) is 22.8 Å². The van der Waals surface area contributed by atoms with Crippen molar-refractivity contribution < 1.29 is 33.4 Å². The SMILES string of the molecule is Cc1n[n+]2c3c(cnc2s1)CCC3=Cc1ccccc1.[O-][Cl+3]([O-])([O-])[O-]. The highest BCUT2D eigenvalue weighted by Crippen LogP contribution is 2.31. The summed E-state index contributed by atoms with van der Waals surface area (Å²) in [7, 11) is -4.94. The second kappa shape index (κ2) is 7.12. The second-order valence-electron chi connectivity index (χ2n) is 5.41. The molecule has 1 aromatic carbocycles. The molecule has 0 bridgehead atoms. The normalized spacial score (nSPS) is 15.2. The minimum atomic E-state index is -4.94. The lowest BCUT2D eigenvalue weighted by Gasteiger charge is -2.17. The Morgan fingerprint density at radius 1 is 1.12 bits per heavy atom. The van der Waals surface area contributed by atoms with E-state index >= 15 is 0 Å². The maximum Gasteiger partial charge on any atom is 0.410 e. The molecular formula is C16H14ClN3O4S. The lowest BCUT2D eigenvalue weighted by molar-refractivity contribution is -2.00. The first-order valence-corrected chi connectivity index (χ1v) is 9.41. The van der Waals surface area contributed by atoms with Gasteiger partial charge >= 0.3 is 4.96 Å². The van der Waals surface area contributed by atoms with Crippen molar-refractivity contribution >= 4 is 27.9 Å². The predicted octanol–water partition coefficient (Wildman–Crippen LogP) is -1.68. The number of hydrogen-bond donors (Lipinski definition) is 0. The fourth-order valence-electron chi connectivity index (χ4n) is 2.74. The molecule has 2 heterocycles. The van der Waals surface area contributed by atoms with E-state index in [1.165, 1.54) is 22.4 Å². The third-order valence-electron chi connectivity index (χ3n) is 3.62. The molecule has 0 saturated carbocycles. The van der Waals surface area contributed by atoms with Gasteiger partial charge in [-0.3, -0.25) is 0 Å². The molecule has 1 aliphatic rings. The molecular weight excluding hydrogens is 366 g/mol. The average Bonchev–Trinajstić information content (AvgIpc) is 3.09. The van der Waals surface area contributed by atoms with Crippen molar-refractivity contribution in [2.24, 2.45) is 0 Å². The van der Waals surface area contributed by atoms with Crippen molar-refractivity contribution in [3.05, 3.63) is 58.4 Å². The van der Waals surface area contributed by atoms with Crippen LogP contribution < -0.4 is 23.2 Å². The molecule has 9 heteroatoms. The van der Waals surface area contributed by atoms with Crippen LogP contribution in [0.4, 0.5) is 0 Å². The average molecular weight is 380 g/mol. The van der Waals surface area contributed by atoms with Gasteiger partial charge in [-0.05, 0) is 47.7 Å². The fourth-order valence-corrected chi connectivity index (χ4v) is 3.45. The first-order valence-electron chi connectivity index (χ1n) is 7.36. The maximum atomic E-state index is 8.49. The van der Waals surface area contributed by atoms with E-state index in [0.29, 0.717) is 0 Å². The molecule has 4 rings (SSSR count). The summed E-state index contributed by atoms with van der Waals surface area (Å²) < 4.78 is 36.0. The van der Waals surface area contributed by atoms with Crippen LogP contribution in [0.2, 0.25) is 0 Å². The van der Waals surface area contributed by atoms with Crippen molar-refractivity contribution in [3.8, 4) is 0 Å². The highest BCUT2D eigenvalue weighted by molar-refractivity contribution is 7.16. The van der Waals surface area contributed by atoms with Crippen molar-refractivity contribution in [1.29, 1.82) is 0 Å². The maximum absolute atomic E-state index is 8.49. The van der Waals surface area contributed by atoms with Gasteiger partial charge < -0.3 is 0 Å². The zero-order valence-electron chi connectivity index (χ0n) is 13.2. The Balaban J connectivity index is 0.000000324. The number of rotatable bonds is 1. The topological polar surface area (TPSA) is 122 Å². The van der Waals surface area contributed by atoms with E-state index in [2.05, 4.69) is 40.4 Å². The van der Waals surface area contributed by atoms with Crippen LogP contribution in [0.15, 0.2) is 36.5 Å². The Kier molecular flexibility index (Phi) is 5.09. The van der Waals surface area contributed by atoms with Gasteiger partial charge in [-0.2, -0.15) is 0 Å². The molecule has 2 aromatic heterocycles. The van der Waals surface area contributed by atoms with Gasteiger partial charge in [-0.25, -0.2) is 18.6 Å². The zero-order chi connectivity index (χ0) is 18.0. The van der Waals surface area contributed by atoms with Crippen LogP contribution in [0, 0.1) is 17.2 Å². The van der Waals surface area contributed by atoms with Crippen LogP contribution in [-0.2, 0) is 6.42 Å². The summed E-state index contributed by atoms with van der Waals surface area (Å²) in [6, 6.07) is 10.5. The van der Waals surface area contributed by atoms with Gasteiger partial charge in [-0.1, -0.05) is 39.9 Å². The highest BCUT2D eigenvalue weighted by Gasteiger charge is 2.27. The van der Waals surface area contributed by atoms with Gasteiger partial charge in [0.05, 0.1) is 0 Å². The number of aryl methyl sites for hydroxylation is 2. The summed E-state index contributed by atoms with van der Waals surface area (Å²) in [5.74, 6) is 0. The molecule has 7 nitrogen and oxygen atoms in total. The van der Waals surface area contributed by atoms with Crippen LogP contribution >= 0.6 is 11.3 Å². The largest absolute Gasteiger partial charge is 0.410 e. The Morgan fingerprint density at radius 3 is 2.48 bits per heavy atom. The van der Waals surface area contributed by atoms with Crippen molar-refractivity contribution in [3.63, 3.8) is 0 Å². The molecule has 130 valence electrons. The van der Waals surface area contributed by atoms with Crippen molar-refractivity contribution in [2.45, 2.75) is 19.8 Å². The van der Waals surface area contributed by atoms with Gasteiger partial charge in [0.25, 0.3) is 0 Å². The van der Waals surface area contributed by atoms with Crippen LogP contribution in [0.1, 0.15) is 28.2 Å². The number of fused-ring (bicyclic) bond motifs is 3.